The Morgan fingerprint density at radius 3 is 2.82 bits per heavy atom. The second-order valence-electron chi connectivity index (χ2n) is 3.72. The van der Waals surface area contributed by atoms with Gasteiger partial charge in [-0.3, -0.25) is 9.78 Å². The molecule has 0 aliphatic carbocycles. The lowest BCUT2D eigenvalue weighted by Crippen LogP contribution is -2.12. The molecule has 0 spiro atoms. The first-order valence-electron chi connectivity index (χ1n) is 4.97. The molecular formula is C12H9F2NO2. The molecule has 1 heterocycles. The maximum atomic E-state index is 14.0. The van der Waals surface area contributed by atoms with Crippen LogP contribution >= 0.6 is 0 Å². The maximum absolute atomic E-state index is 14.0. The highest BCUT2D eigenvalue weighted by molar-refractivity contribution is 5.83. The van der Waals surface area contributed by atoms with E-state index in [2.05, 4.69) is 4.98 Å². The Labute approximate surface area is 95.7 Å². The molecule has 0 aliphatic heterocycles. The Morgan fingerprint density at radius 2 is 2.18 bits per heavy atom. The third kappa shape index (κ3) is 1.84. The Morgan fingerprint density at radius 1 is 1.47 bits per heavy atom. The van der Waals surface area contributed by atoms with Crippen molar-refractivity contribution in [1.29, 1.82) is 0 Å². The zero-order chi connectivity index (χ0) is 12.6. The number of fused-ring (bicyclic) bond motifs is 1. The molecule has 1 aromatic carbocycles. The number of aliphatic carboxylic acids is 1. The van der Waals surface area contributed by atoms with E-state index in [0.717, 1.165) is 6.07 Å². The van der Waals surface area contributed by atoms with Crippen LogP contribution < -0.4 is 0 Å². The average Bonchev–Trinajstić information content (AvgIpc) is 2.28. The van der Waals surface area contributed by atoms with Crippen LogP contribution in [-0.4, -0.2) is 16.1 Å². The van der Waals surface area contributed by atoms with Crippen molar-refractivity contribution in [2.75, 3.05) is 0 Å². The number of hydrogen-bond acceptors (Lipinski definition) is 2. The van der Waals surface area contributed by atoms with Crippen LogP contribution in [0.25, 0.3) is 10.9 Å². The fraction of sp³-hybridized carbons (Fsp3) is 0.167. The molecule has 0 saturated carbocycles. The summed E-state index contributed by atoms with van der Waals surface area (Å²) in [5.41, 5.74) is -0.262. The van der Waals surface area contributed by atoms with Gasteiger partial charge in [-0.25, -0.2) is 8.78 Å². The molecule has 17 heavy (non-hydrogen) atoms. The van der Waals surface area contributed by atoms with Crippen LogP contribution in [0, 0.1) is 11.6 Å². The topological polar surface area (TPSA) is 50.2 Å². The lowest BCUT2D eigenvalue weighted by atomic mass is 9.98. The molecule has 88 valence electrons. The molecule has 0 amide bonds. The number of benzene rings is 1. The van der Waals surface area contributed by atoms with Crippen molar-refractivity contribution in [3.63, 3.8) is 0 Å². The van der Waals surface area contributed by atoms with Gasteiger partial charge in [-0.1, -0.05) is 0 Å². The first-order chi connectivity index (χ1) is 8.02. The number of halogens is 2. The van der Waals surface area contributed by atoms with Crippen molar-refractivity contribution < 1.29 is 18.7 Å². The van der Waals surface area contributed by atoms with E-state index in [-0.39, 0.29) is 10.9 Å². The summed E-state index contributed by atoms with van der Waals surface area (Å²) in [4.78, 5) is 14.6. The highest BCUT2D eigenvalue weighted by atomic mass is 19.1. The molecular weight excluding hydrogens is 228 g/mol. The third-order valence-electron chi connectivity index (χ3n) is 2.64. The van der Waals surface area contributed by atoms with Crippen LogP contribution in [0.4, 0.5) is 8.78 Å². The van der Waals surface area contributed by atoms with Gasteiger partial charge in [0, 0.05) is 23.2 Å². The second-order valence-corrected chi connectivity index (χ2v) is 3.72. The highest BCUT2D eigenvalue weighted by Crippen LogP contribution is 2.28. The van der Waals surface area contributed by atoms with Crippen LogP contribution in [0.15, 0.2) is 24.4 Å². The smallest absolute Gasteiger partial charge is 0.310 e. The lowest BCUT2D eigenvalue weighted by molar-refractivity contribution is -0.138. The minimum absolute atomic E-state index is 0.122. The first kappa shape index (κ1) is 11.4. The van der Waals surface area contributed by atoms with Gasteiger partial charge in [0.2, 0.25) is 0 Å². The van der Waals surface area contributed by atoms with Gasteiger partial charge < -0.3 is 5.11 Å². The van der Waals surface area contributed by atoms with E-state index in [0.29, 0.717) is 0 Å². The molecule has 0 fully saturated rings. The van der Waals surface area contributed by atoms with Gasteiger partial charge in [-0.2, -0.15) is 0 Å². The number of nitrogens with zero attached hydrogens (tertiary/aromatic N) is 1. The van der Waals surface area contributed by atoms with Crippen LogP contribution in [0.1, 0.15) is 18.4 Å². The van der Waals surface area contributed by atoms with E-state index in [1.165, 1.54) is 25.3 Å². The Hall–Kier alpha value is -2.04. The zero-order valence-electron chi connectivity index (χ0n) is 8.95. The summed E-state index contributed by atoms with van der Waals surface area (Å²) in [6, 6.07) is 4.00. The summed E-state index contributed by atoms with van der Waals surface area (Å²) in [6.45, 7) is 1.24. The van der Waals surface area contributed by atoms with Crippen molar-refractivity contribution >= 4 is 16.9 Å². The summed E-state index contributed by atoms with van der Waals surface area (Å²) >= 11 is 0. The summed E-state index contributed by atoms with van der Waals surface area (Å²) in [6.07, 6.45) is 1.42. The molecule has 0 saturated heterocycles. The van der Waals surface area contributed by atoms with E-state index in [1.54, 1.807) is 0 Å². The summed E-state index contributed by atoms with van der Waals surface area (Å²) in [7, 11) is 0. The van der Waals surface area contributed by atoms with Crippen molar-refractivity contribution in [2.24, 2.45) is 0 Å². The van der Waals surface area contributed by atoms with Gasteiger partial charge in [-0.15, -0.1) is 0 Å². The van der Waals surface area contributed by atoms with E-state index in [4.69, 9.17) is 5.11 Å². The largest absolute Gasteiger partial charge is 0.481 e. The average molecular weight is 237 g/mol. The Balaban J connectivity index is 2.76. The van der Waals surface area contributed by atoms with Crippen molar-refractivity contribution in [2.45, 2.75) is 12.8 Å². The van der Waals surface area contributed by atoms with Crippen LogP contribution in [0.2, 0.25) is 0 Å². The molecule has 3 nitrogen and oxygen atoms in total. The molecule has 0 radical (unpaired) electrons. The fourth-order valence-corrected chi connectivity index (χ4v) is 1.69. The Kier molecular flexibility index (Phi) is 2.75. The number of carboxylic acids is 1. The molecule has 1 atom stereocenters. The molecule has 2 aromatic rings. The number of carboxylic acid groups (broad SMARTS) is 1. The minimum atomic E-state index is -1.27. The van der Waals surface area contributed by atoms with Crippen molar-refractivity contribution in [1.82, 2.24) is 4.98 Å². The quantitative estimate of drug-likeness (QED) is 0.873. The van der Waals surface area contributed by atoms with Crippen molar-refractivity contribution in [3.8, 4) is 0 Å². The number of pyridine rings is 1. The molecule has 0 aliphatic rings. The van der Waals surface area contributed by atoms with E-state index in [1.807, 2.05) is 0 Å². The highest BCUT2D eigenvalue weighted by Gasteiger charge is 2.24. The lowest BCUT2D eigenvalue weighted by Gasteiger charge is -2.11. The van der Waals surface area contributed by atoms with E-state index < -0.39 is 29.1 Å². The molecule has 0 unspecified atom stereocenters. The number of rotatable bonds is 2. The van der Waals surface area contributed by atoms with Gasteiger partial charge in [-0.05, 0) is 19.1 Å². The number of aromatic nitrogens is 1. The summed E-state index contributed by atoms with van der Waals surface area (Å²) in [5.74, 6) is -4.25. The van der Waals surface area contributed by atoms with Gasteiger partial charge >= 0.3 is 5.97 Å². The zero-order valence-corrected chi connectivity index (χ0v) is 8.95. The Bertz CT molecular complexity index is 598. The van der Waals surface area contributed by atoms with Crippen molar-refractivity contribution in [3.05, 3.63) is 41.6 Å². The molecule has 1 N–H and O–H groups in total. The van der Waals surface area contributed by atoms with Gasteiger partial charge in [0.15, 0.2) is 0 Å². The number of hydrogen-bond donors (Lipinski definition) is 1. The number of carbonyl (C=O) groups is 1. The second kappa shape index (κ2) is 4.08. The predicted molar refractivity (Wildman–Crippen MR) is 57.7 cm³/mol. The standard InChI is InChI=1S/C12H9F2NO2/c1-6(12(16)17)10-8(13)5-9-7(11(10)14)3-2-4-15-9/h2-6H,1H3,(H,16,17)/t6-/m1/s1. The van der Waals surface area contributed by atoms with Crippen LogP contribution in [-0.2, 0) is 4.79 Å². The molecule has 0 bridgehead atoms. The van der Waals surface area contributed by atoms with Gasteiger partial charge in [0.25, 0.3) is 0 Å². The molecule has 2 rings (SSSR count). The van der Waals surface area contributed by atoms with E-state index >= 15 is 0 Å². The summed E-state index contributed by atoms with van der Waals surface area (Å²) < 4.78 is 27.6. The summed E-state index contributed by atoms with van der Waals surface area (Å²) in [5, 5.41) is 8.93. The van der Waals surface area contributed by atoms with Crippen LogP contribution in [0.3, 0.4) is 0 Å². The molecule has 5 heteroatoms. The first-order valence-corrected chi connectivity index (χ1v) is 4.97. The van der Waals surface area contributed by atoms with Gasteiger partial charge in [0.1, 0.15) is 11.6 Å². The predicted octanol–water partition coefficient (Wildman–Crippen LogP) is 2.70. The fourth-order valence-electron chi connectivity index (χ4n) is 1.69. The van der Waals surface area contributed by atoms with E-state index in [9.17, 15) is 13.6 Å². The normalized spacial score (nSPS) is 12.6. The monoisotopic (exact) mass is 237 g/mol. The van der Waals surface area contributed by atoms with Crippen LogP contribution in [0.5, 0.6) is 0 Å². The minimum Gasteiger partial charge on any atom is -0.481 e. The maximum Gasteiger partial charge on any atom is 0.310 e. The molecule has 1 aromatic heterocycles. The SMILES string of the molecule is C[C@@H](C(=O)O)c1c(F)cc2ncccc2c1F. The third-order valence-corrected chi connectivity index (χ3v) is 2.64. The van der Waals surface area contributed by atoms with Gasteiger partial charge in [0.05, 0.1) is 11.4 Å².